The molecular formula is C12H10BrClFN3S. The predicted molar refractivity (Wildman–Crippen MR) is 81.6 cm³/mol. The van der Waals surface area contributed by atoms with E-state index in [1.165, 1.54) is 4.68 Å². The first kappa shape index (κ1) is 14.4. The topological polar surface area (TPSA) is 43.8 Å². The number of hydrogen-bond donors (Lipinski definition) is 1. The summed E-state index contributed by atoms with van der Waals surface area (Å²) in [4.78, 5) is 0.128. The number of nitrogens with two attached hydrogens (primary N) is 1. The van der Waals surface area contributed by atoms with E-state index in [0.29, 0.717) is 27.7 Å². The summed E-state index contributed by atoms with van der Waals surface area (Å²) < 4.78 is 16.0. The Labute approximate surface area is 128 Å². The van der Waals surface area contributed by atoms with Gasteiger partial charge in [-0.25, -0.2) is 9.07 Å². The molecule has 7 heteroatoms. The van der Waals surface area contributed by atoms with Crippen molar-refractivity contribution < 1.29 is 4.39 Å². The zero-order chi connectivity index (χ0) is 14.3. The van der Waals surface area contributed by atoms with Gasteiger partial charge in [0.1, 0.15) is 10.7 Å². The van der Waals surface area contributed by atoms with Gasteiger partial charge < -0.3 is 5.73 Å². The van der Waals surface area contributed by atoms with Crippen molar-refractivity contribution in [2.45, 2.75) is 13.8 Å². The summed E-state index contributed by atoms with van der Waals surface area (Å²) in [6, 6.07) is 3.22. The van der Waals surface area contributed by atoms with Crippen LogP contribution in [0.2, 0.25) is 5.02 Å². The largest absolute Gasteiger partial charge is 0.389 e. The van der Waals surface area contributed by atoms with Gasteiger partial charge in [0.05, 0.1) is 20.9 Å². The molecule has 0 fully saturated rings. The van der Waals surface area contributed by atoms with Gasteiger partial charge in [-0.05, 0) is 41.9 Å². The Morgan fingerprint density at radius 3 is 2.58 bits per heavy atom. The van der Waals surface area contributed by atoms with E-state index in [0.717, 1.165) is 0 Å². The SMILES string of the molecule is Cc1nn(-c2ccc(C(N)=S)c(Br)c2F)c(C)c1Cl. The van der Waals surface area contributed by atoms with Crippen molar-refractivity contribution in [3.05, 3.63) is 44.4 Å². The molecule has 0 amide bonds. The molecule has 1 aromatic heterocycles. The maximum absolute atomic E-state index is 14.4. The lowest BCUT2D eigenvalue weighted by atomic mass is 10.2. The number of aryl methyl sites for hydroxylation is 1. The second-order valence-corrected chi connectivity index (χ2v) is 5.63. The van der Waals surface area contributed by atoms with Crippen molar-refractivity contribution in [1.29, 1.82) is 0 Å². The molecule has 1 aromatic carbocycles. The molecule has 0 aliphatic heterocycles. The average molecular weight is 363 g/mol. The standard InChI is InChI=1S/C12H10BrClFN3S/c1-5-10(14)6(2)18(17-5)8-4-3-7(12(16)19)9(13)11(8)15/h3-4H,1-2H3,(H2,16,19). The van der Waals surface area contributed by atoms with Crippen LogP contribution in [-0.4, -0.2) is 14.8 Å². The predicted octanol–water partition coefficient (Wildman–Crippen LogP) is 3.68. The summed E-state index contributed by atoms with van der Waals surface area (Å²) in [6.07, 6.45) is 0. The third kappa shape index (κ3) is 2.40. The van der Waals surface area contributed by atoms with Crippen LogP contribution in [0.1, 0.15) is 17.0 Å². The zero-order valence-electron chi connectivity index (χ0n) is 10.2. The highest BCUT2D eigenvalue weighted by molar-refractivity contribution is 9.10. The summed E-state index contributed by atoms with van der Waals surface area (Å²) in [7, 11) is 0. The van der Waals surface area contributed by atoms with E-state index in [4.69, 9.17) is 29.6 Å². The van der Waals surface area contributed by atoms with E-state index >= 15 is 0 Å². The minimum atomic E-state index is -0.479. The molecule has 3 nitrogen and oxygen atoms in total. The molecule has 100 valence electrons. The number of aromatic nitrogens is 2. The van der Waals surface area contributed by atoms with Crippen molar-refractivity contribution in [2.75, 3.05) is 0 Å². The number of rotatable bonds is 2. The first-order chi connectivity index (χ1) is 8.84. The second-order valence-electron chi connectivity index (χ2n) is 4.02. The van der Waals surface area contributed by atoms with Gasteiger partial charge in [0.15, 0.2) is 5.82 Å². The van der Waals surface area contributed by atoms with Crippen molar-refractivity contribution in [1.82, 2.24) is 9.78 Å². The number of hydrogen-bond acceptors (Lipinski definition) is 2. The maximum atomic E-state index is 14.4. The fourth-order valence-corrected chi connectivity index (χ4v) is 2.72. The van der Waals surface area contributed by atoms with Gasteiger partial charge >= 0.3 is 0 Å². The van der Waals surface area contributed by atoms with E-state index in [9.17, 15) is 4.39 Å². The number of nitrogens with zero attached hydrogens (tertiary/aromatic N) is 2. The van der Waals surface area contributed by atoms with Crippen LogP contribution < -0.4 is 5.73 Å². The molecule has 0 bridgehead atoms. The van der Waals surface area contributed by atoms with Crippen molar-refractivity contribution in [2.24, 2.45) is 5.73 Å². The number of benzene rings is 1. The minimum absolute atomic E-state index is 0.128. The Hall–Kier alpha value is -0.980. The summed E-state index contributed by atoms with van der Waals surface area (Å²) in [5.74, 6) is -0.479. The molecule has 0 unspecified atom stereocenters. The third-order valence-electron chi connectivity index (χ3n) is 2.76. The second kappa shape index (κ2) is 5.19. The third-order valence-corrected chi connectivity index (χ3v) is 4.30. The fourth-order valence-electron chi connectivity index (χ4n) is 1.75. The molecular weight excluding hydrogens is 353 g/mol. The van der Waals surface area contributed by atoms with Gasteiger partial charge in [0.2, 0.25) is 0 Å². The van der Waals surface area contributed by atoms with E-state index < -0.39 is 5.82 Å². The van der Waals surface area contributed by atoms with Crippen LogP contribution in [-0.2, 0) is 0 Å². The van der Waals surface area contributed by atoms with Crippen LogP contribution in [0, 0.1) is 19.7 Å². The van der Waals surface area contributed by atoms with Crippen LogP contribution in [0.5, 0.6) is 0 Å². The lowest BCUT2D eigenvalue weighted by Crippen LogP contribution is -2.12. The monoisotopic (exact) mass is 361 g/mol. The summed E-state index contributed by atoms with van der Waals surface area (Å²) >= 11 is 14.1. The molecule has 2 aromatic rings. The van der Waals surface area contributed by atoms with E-state index in [1.807, 2.05) is 0 Å². The van der Waals surface area contributed by atoms with E-state index in [1.54, 1.807) is 26.0 Å². The first-order valence-electron chi connectivity index (χ1n) is 5.34. The maximum Gasteiger partial charge on any atom is 0.163 e. The van der Waals surface area contributed by atoms with Gasteiger partial charge in [-0.1, -0.05) is 23.8 Å². The highest BCUT2D eigenvalue weighted by Crippen LogP contribution is 2.29. The fraction of sp³-hybridized carbons (Fsp3) is 0.167. The van der Waals surface area contributed by atoms with Crippen molar-refractivity contribution in [3.63, 3.8) is 0 Å². The minimum Gasteiger partial charge on any atom is -0.389 e. The molecule has 0 atom stereocenters. The van der Waals surface area contributed by atoms with Gasteiger partial charge in [0.25, 0.3) is 0 Å². The van der Waals surface area contributed by atoms with Crippen molar-refractivity contribution in [3.8, 4) is 5.69 Å². The summed E-state index contributed by atoms with van der Waals surface area (Å²) in [6.45, 7) is 3.54. The Morgan fingerprint density at radius 1 is 1.47 bits per heavy atom. The van der Waals surface area contributed by atoms with Crippen LogP contribution in [0.15, 0.2) is 16.6 Å². The van der Waals surface area contributed by atoms with E-state index in [-0.39, 0.29) is 9.46 Å². The summed E-state index contributed by atoms with van der Waals surface area (Å²) in [5, 5.41) is 4.74. The Balaban J connectivity index is 2.67. The van der Waals surface area contributed by atoms with Crippen molar-refractivity contribution >= 4 is 44.7 Å². The number of thiocarbonyl (C=S) groups is 1. The first-order valence-corrected chi connectivity index (χ1v) is 6.92. The van der Waals surface area contributed by atoms with Gasteiger partial charge in [0, 0.05) is 5.56 Å². The molecule has 19 heavy (non-hydrogen) atoms. The van der Waals surface area contributed by atoms with Crippen LogP contribution >= 0.6 is 39.7 Å². The lowest BCUT2D eigenvalue weighted by molar-refractivity contribution is 0.601. The quantitative estimate of drug-likeness (QED) is 0.829. The molecule has 0 saturated heterocycles. The molecule has 0 radical (unpaired) electrons. The molecule has 0 spiro atoms. The molecule has 1 heterocycles. The van der Waals surface area contributed by atoms with Gasteiger partial charge in [-0.15, -0.1) is 0 Å². The Morgan fingerprint density at radius 2 is 2.11 bits per heavy atom. The van der Waals surface area contributed by atoms with Crippen LogP contribution in [0.4, 0.5) is 4.39 Å². The normalized spacial score (nSPS) is 10.8. The smallest absolute Gasteiger partial charge is 0.163 e. The highest BCUT2D eigenvalue weighted by Gasteiger charge is 2.18. The highest BCUT2D eigenvalue weighted by atomic mass is 79.9. The average Bonchev–Trinajstić information content (AvgIpc) is 2.60. The number of halogens is 3. The van der Waals surface area contributed by atoms with E-state index in [2.05, 4.69) is 21.0 Å². The zero-order valence-corrected chi connectivity index (χ0v) is 13.3. The molecule has 0 aliphatic carbocycles. The molecule has 0 saturated carbocycles. The molecule has 0 aliphatic rings. The summed E-state index contributed by atoms with van der Waals surface area (Å²) in [5.41, 5.74) is 7.58. The van der Waals surface area contributed by atoms with Crippen LogP contribution in [0.3, 0.4) is 0 Å². The molecule has 2 rings (SSSR count). The molecule has 2 N–H and O–H groups in total. The van der Waals surface area contributed by atoms with Crippen LogP contribution in [0.25, 0.3) is 5.69 Å². The van der Waals surface area contributed by atoms with Gasteiger partial charge in [-0.2, -0.15) is 5.10 Å². The lowest BCUT2D eigenvalue weighted by Gasteiger charge is -2.10. The Kier molecular flexibility index (Phi) is 3.94. The Bertz CT molecular complexity index is 684. The van der Waals surface area contributed by atoms with Gasteiger partial charge in [-0.3, -0.25) is 0 Å².